The van der Waals surface area contributed by atoms with Crippen LogP contribution in [-0.2, 0) is 0 Å². The molecular formula is C12H12ClN3O3. The van der Waals surface area contributed by atoms with Gasteiger partial charge in [-0.1, -0.05) is 5.16 Å². The van der Waals surface area contributed by atoms with Crippen LogP contribution < -0.4 is 11.1 Å². The largest absolute Gasteiger partial charge is 0.443 e. The number of hydrogen-bond donors (Lipinski definition) is 2. The fraction of sp³-hybridized carbons (Fsp3) is 0.333. The summed E-state index contributed by atoms with van der Waals surface area (Å²) in [6.07, 6.45) is 3.10. The molecule has 0 unspecified atom stereocenters. The fourth-order valence-electron chi connectivity index (χ4n) is 1.94. The Morgan fingerprint density at radius 1 is 1.47 bits per heavy atom. The van der Waals surface area contributed by atoms with E-state index < -0.39 is 0 Å². The Kier molecular flexibility index (Phi) is 2.94. The van der Waals surface area contributed by atoms with Gasteiger partial charge in [-0.05, 0) is 43.0 Å². The third-order valence-electron chi connectivity index (χ3n) is 3.19. The lowest BCUT2D eigenvalue weighted by Gasteiger charge is -2.26. The highest BCUT2D eigenvalue weighted by Crippen LogP contribution is 2.30. The Hall–Kier alpha value is -1.95. The van der Waals surface area contributed by atoms with Crippen molar-refractivity contribution in [2.75, 3.05) is 5.73 Å². The maximum Gasteiger partial charge on any atom is 0.259 e. The van der Waals surface area contributed by atoms with Crippen LogP contribution >= 0.6 is 11.6 Å². The van der Waals surface area contributed by atoms with Gasteiger partial charge < -0.3 is 20.0 Å². The van der Waals surface area contributed by atoms with Crippen LogP contribution in [0.25, 0.3) is 11.5 Å². The Morgan fingerprint density at radius 2 is 2.26 bits per heavy atom. The van der Waals surface area contributed by atoms with Crippen LogP contribution in [0.4, 0.5) is 5.88 Å². The number of carbonyl (C=O) groups is 1. The zero-order valence-electron chi connectivity index (χ0n) is 9.98. The summed E-state index contributed by atoms with van der Waals surface area (Å²) in [6, 6.07) is 3.38. The predicted molar refractivity (Wildman–Crippen MR) is 68.7 cm³/mol. The molecule has 0 spiro atoms. The molecule has 6 nitrogen and oxygen atoms in total. The number of nitrogens with one attached hydrogen (secondary N) is 1. The second-order valence-corrected chi connectivity index (χ2v) is 4.85. The number of nitrogens with two attached hydrogens (primary N) is 1. The number of anilines is 1. The second-order valence-electron chi connectivity index (χ2n) is 4.48. The first-order valence-electron chi connectivity index (χ1n) is 5.97. The SMILES string of the molecule is Nc1onc(-c2ccc(Cl)o2)c1C(=O)NC1CCC1. The number of carbonyl (C=O) groups excluding carboxylic acids is 1. The van der Waals surface area contributed by atoms with Crippen molar-refractivity contribution in [3.05, 3.63) is 22.9 Å². The second kappa shape index (κ2) is 4.62. The Bertz CT molecular complexity index is 616. The van der Waals surface area contributed by atoms with E-state index in [1.54, 1.807) is 12.1 Å². The number of nitrogen functional groups attached to an aromatic ring is 1. The molecule has 1 aliphatic carbocycles. The summed E-state index contributed by atoms with van der Waals surface area (Å²) in [5, 5.41) is 6.85. The number of furan rings is 1. The van der Waals surface area contributed by atoms with E-state index in [4.69, 9.17) is 26.3 Å². The molecule has 7 heteroatoms. The van der Waals surface area contributed by atoms with E-state index >= 15 is 0 Å². The van der Waals surface area contributed by atoms with Crippen LogP contribution in [0, 0.1) is 0 Å². The summed E-state index contributed by atoms with van der Waals surface area (Å²) in [7, 11) is 0. The normalized spacial score (nSPS) is 15.2. The smallest absolute Gasteiger partial charge is 0.259 e. The molecule has 1 amide bonds. The molecule has 0 radical (unpaired) electrons. The molecule has 100 valence electrons. The van der Waals surface area contributed by atoms with Crippen LogP contribution in [0.5, 0.6) is 0 Å². The van der Waals surface area contributed by atoms with Crippen molar-refractivity contribution in [2.24, 2.45) is 0 Å². The summed E-state index contributed by atoms with van der Waals surface area (Å²) in [5.41, 5.74) is 6.11. The van der Waals surface area contributed by atoms with Crippen molar-refractivity contribution in [3.8, 4) is 11.5 Å². The minimum atomic E-state index is -0.300. The molecular weight excluding hydrogens is 270 g/mol. The third-order valence-corrected chi connectivity index (χ3v) is 3.40. The molecule has 2 heterocycles. The van der Waals surface area contributed by atoms with E-state index in [0.717, 1.165) is 19.3 Å². The van der Waals surface area contributed by atoms with Gasteiger partial charge in [0.25, 0.3) is 5.91 Å². The predicted octanol–water partition coefficient (Wildman–Crippen LogP) is 2.45. The number of halogens is 1. The summed E-state index contributed by atoms with van der Waals surface area (Å²) < 4.78 is 10.1. The number of aromatic nitrogens is 1. The number of hydrogen-bond acceptors (Lipinski definition) is 5. The van der Waals surface area contributed by atoms with Gasteiger partial charge in [-0.2, -0.15) is 0 Å². The Labute approximate surface area is 113 Å². The summed E-state index contributed by atoms with van der Waals surface area (Å²) in [5.74, 6) is 0.0227. The highest BCUT2D eigenvalue weighted by atomic mass is 35.5. The van der Waals surface area contributed by atoms with Gasteiger partial charge in [-0.15, -0.1) is 0 Å². The first-order chi connectivity index (χ1) is 9.15. The average molecular weight is 282 g/mol. The lowest BCUT2D eigenvalue weighted by molar-refractivity contribution is 0.0918. The molecule has 1 aliphatic rings. The van der Waals surface area contributed by atoms with E-state index in [1.807, 2.05) is 0 Å². The van der Waals surface area contributed by atoms with Crippen molar-refractivity contribution in [2.45, 2.75) is 25.3 Å². The van der Waals surface area contributed by atoms with Gasteiger partial charge >= 0.3 is 0 Å². The molecule has 3 N–H and O–H groups in total. The third kappa shape index (κ3) is 2.19. The zero-order valence-corrected chi connectivity index (χ0v) is 10.7. The topological polar surface area (TPSA) is 94.3 Å². The molecule has 2 aromatic rings. The molecule has 1 saturated carbocycles. The molecule has 0 bridgehead atoms. The van der Waals surface area contributed by atoms with Crippen molar-refractivity contribution in [1.29, 1.82) is 0 Å². The molecule has 0 aliphatic heterocycles. The summed E-state index contributed by atoms with van der Waals surface area (Å²) in [6.45, 7) is 0. The van der Waals surface area contributed by atoms with Crippen molar-refractivity contribution in [3.63, 3.8) is 0 Å². The number of amides is 1. The van der Waals surface area contributed by atoms with Crippen molar-refractivity contribution in [1.82, 2.24) is 10.5 Å². The van der Waals surface area contributed by atoms with E-state index in [0.29, 0.717) is 5.76 Å². The maximum atomic E-state index is 12.2. The molecule has 1 fully saturated rings. The van der Waals surface area contributed by atoms with Crippen molar-refractivity contribution < 1.29 is 13.7 Å². The minimum absolute atomic E-state index is 0.0284. The van der Waals surface area contributed by atoms with Gasteiger partial charge in [0.2, 0.25) is 5.88 Å². The maximum absolute atomic E-state index is 12.2. The van der Waals surface area contributed by atoms with Crippen LogP contribution in [0.1, 0.15) is 29.6 Å². The van der Waals surface area contributed by atoms with Crippen LogP contribution in [0.15, 0.2) is 21.1 Å². The van der Waals surface area contributed by atoms with Crippen molar-refractivity contribution >= 4 is 23.4 Å². The zero-order chi connectivity index (χ0) is 13.4. The van der Waals surface area contributed by atoms with Crippen LogP contribution in [0.3, 0.4) is 0 Å². The molecule has 0 saturated heterocycles. The Morgan fingerprint density at radius 3 is 2.84 bits per heavy atom. The van der Waals surface area contributed by atoms with E-state index in [-0.39, 0.29) is 34.3 Å². The van der Waals surface area contributed by atoms with Gasteiger partial charge in [0.1, 0.15) is 5.56 Å². The van der Waals surface area contributed by atoms with Crippen LogP contribution in [0.2, 0.25) is 5.22 Å². The summed E-state index contributed by atoms with van der Waals surface area (Å²) >= 11 is 5.71. The fourth-order valence-corrected chi connectivity index (χ4v) is 2.09. The van der Waals surface area contributed by atoms with E-state index in [1.165, 1.54) is 0 Å². The molecule has 19 heavy (non-hydrogen) atoms. The monoisotopic (exact) mass is 281 g/mol. The average Bonchev–Trinajstić information content (AvgIpc) is 2.89. The standard InChI is InChI=1S/C12H12ClN3O3/c13-8-5-4-7(18-8)10-9(11(14)19-16-10)12(17)15-6-2-1-3-6/h4-6H,1-3,14H2,(H,15,17). The molecule has 2 aromatic heterocycles. The number of nitrogens with zero attached hydrogens (tertiary/aromatic N) is 1. The first kappa shape index (κ1) is 12.1. The summed E-state index contributed by atoms with van der Waals surface area (Å²) in [4.78, 5) is 12.2. The first-order valence-corrected chi connectivity index (χ1v) is 6.34. The molecule has 0 atom stereocenters. The molecule has 0 aromatic carbocycles. The van der Waals surface area contributed by atoms with E-state index in [9.17, 15) is 4.79 Å². The van der Waals surface area contributed by atoms with Gasteiger partial charge in [0.15, 0.2) is 16.7 Å². The van der Waals surface area contributed by atoms with Gasteiger partial charge in [-0.25, -0.2) is 0 Å². The molecule has 3 rings (SSSR count). The van der Waals surface area contributed by atoms with Gasteiger partial charge in [0, 0.05) is 6.04 Å². The van der Waals surface area contributed by atoms with Gasteiger partial charge in [-0.3, -0.25) is 4.79 Å². The lowest BCUT2D eigenvalue weighted by atomic mass is 9.93. The quantitative estimate of drug-likeness (QED) is 0.901. The van der Waals surface area contributed by atoms with Crippen LogP contribution in [-0.4, -0.2) is 17.1 Å². The minimum Gasteiger partial charge on any atom is -0.443 e. The van der Waals surface area contributed by atoms with E-state index in [2.05, 4.69) is 10.5 Å². The Balaban J connectivity index is 1.91. The lowest BCUT2D eigenvalue weighted by Crippen LogP contribution is -2.39. The van der Waals surface area contributed by atoms with Gasteiger partial charge in [0.05, 0.1) is 0 Å². The highest BCUT2D eigenvalue weighted by molar-refractivity contribution is 6.29. The number of rotatable bonds is 3. The highest BCUT2D eigenvalue weighted by Gasteiger charge is 2.27.